The molecule has 0 saturated heterocycles. The highest BCUT2D eigenvalue weighted by Crippen LogP contribution is 2.23. The zero-order valence-corrected chi connectivity index (χ0v) is 7.93. The summed E-state index contributed by atoms with van der Waals surface area (Å²) in [6.45, 7) is 3.89. The van der Waals surface area contributed by atoms with Crippen LogP contribution in [0.1, 0.15) is 11.1 Å². The molecule has 0 aliphatic heterocycles. The van der Waals surface area contributed by atoms with Gasteiger partial charge in [0.25, 0.3) is 0 Å². The molecule has 1 heterocycles. The third-order valence-electron chi connectivity index (χ3n) is 2.51. The van der Waals surface area contributed by atoms with Crippen molar-refractivity contribution < 1.29 is 4.39 Å². The van der Waals surface area contributed by atoms with Crippen molar-refractivity contribution in [3.05, 3.63) is 29.2 Å². The molecule has 0 unspecified atom stereocenters. The summed E-state index contributed by atoms with van der Waals surface area (Å²) < 4.78 is 14.9. The number of benzene rings is 1. The fourth-order valence-corrected chi connectivity index (χ4v) is 1.57. The molecule has 68 valence electrons. The van der Waals surface area contributed by atoms with Crippen LogP contribution in [-0.2, 0) is 7.05 Å². The van der Waals surface area contributed by atoms with E-state index in [-0.39, 0.29) is 5.95 Å². The first-order chi connectivity index (χ1) is 6.11. The van der Waals surface area contributed by atoms with E-state index >= 15 is 0 Å². The van der Waals surface area contributed by atoms with Crippen molar-refractivity contribution in [2.45, 2.75) is 13.8 Å². The van der Waals surface area contributed by atoms with E-state index in [0.29, 0.717) is 5.39 Å². The fraction of sp³-hybridized carbons (Fsp3) is 0.300. The maximum absolute atomic E-state index is 13.3. The van der Waals surface area contributed by atoms with Crippen LogP contribution in [0.4, 0.5) is 4.39 Å². The summed E-state index contributed by atoms with van der Waals surface area (Å²) in [6.07, 6.45) is 0. The molecule has 0 fully saturated rings. The Bertz CT molecular complexity index is 471. The number of fused-ring (bicyclic) bond motifs is 1. The van der Waals surface area contributed by atoms with Crippen LogP contribution >= 0.6 is 0 Å². The highest BCUT2D eigenvalue weighted by Gasteiger charge is 2.10. The van der Waals surface area contributed by atoms with Crippen LogP contribution in [-0.4, -0.2) is 9.78 Å². The number of aromatic nitrogens is 2. The Hall–Kier alpha value is -1.38. The van der Waals surface area contributed by atoms with Gasteiger partial charge < -0.3 is 0 Å². The Kier molecular flexibility index (Phi) is 1.62. The minimum absolute atomic E-state index is 0.376. The summed E-state index contributed by atoms with van der Waals surface area (Å²) in [5.74, 6) is -0.376. The van der Waals surface area contributed by atoms with Gasteiger partial charge in [-0.2, -0.15) is 4.39 Å². The van der Waals surface area contributed by atoms with Crippen molar-refractivity contribution >= 4 is 10.9 Å². The third-order valence-corrected chi connectivity index (χ3v) is 2.51. The van der Waals surface area contributed by atoms with Crippen LogP contribution < -0.4 is 0 Å². The van der Waals surface area contributed by atoms with E-state index in [4.69, 9.17) is 0 Å². The predicted octanol–water partition coefficient (Wildman–Crippen LogP) is 2.33. The number of nitrogens with zero attached hydrogens (tertiary/aromatic N) is 2. The molecule has 3 heteroatoms. The standard InChI is InChI=1S/C10H11FN2/c1-6-4-5-8-9(7(6)2)10(11)12-13(8)3/h4-5H,1-3H3. The van der Waals surface area contributed by atoms with E-state index in [1.165, 1.54) is 0 Å². The first-order valence-corrected chi connectivity index (χ1v) is 4.19. The average molecular weight is 178 g/mol. The number of aryl methyl sites for hydroxylation is 3. The normalized spacial score (nSPS) is 11.1. The van der Waals surface area contributed by atoms with Gasteiger partial charge in [-0.3, -0.25) is 4.68 Å². The van der Waals surface area contributed by atoms with Gasteiger partial charge in [-0.1, -0.05) is 6.07 Å². The molecule has 2 nitrogen and oxygen atoms in total. The Morgan fingerprint density at radius 1 is 1.31 bits per heavy atom. The third kappa shape index (κ3) is 1.03. The van der Waals surface area contributed by atoms with E-state index in [0.717, 1.165) is 16.6 Å². The zero-order chi connectivity index (χ0) is 9.59. The lowest BCUT2D eigenvalue weighted by atomic mass is 10.1. The topological polar surface area (TPSA) is 17.8 Å². The molecule has 0 amide bonds. The van der Waals surface area contributed by atoms with E-state index in [2.05, 4.69) is 5.10 Å². The first kappa shape index (κ1) is 8.23. The number of hydrogen-bond donors (Lipinski definition) is 0. The molecule has 0 atom stereocenters. The van der Waals surface area contributed by atoms with Crippen molar-refractivity contribution in [3.63, 3.8) is 0 Å². The Balaban J connectivity index is 2.98. The lowest BCUT2D eigenvalue weighted by molar-refractivity contribution is 0.561. The molecule has 13 heavy (non-hydrogen) atoms. The summed E-state index contributed by atoms with van der Waals surface area (Å²) in [5, 5.41) is 4.38. The molecule has 1 aromatic carbocycles. The Morgan fingerprint density at radius 2 is 2.00 bits per heavy atom. The van der Waals surface area contributed by atoms with Gasteiger partial charge >= 0.3 is 0 Å². The molecule has 0 saturated carbocycles. The molecule has 2 rings (SSSR count). The SMILES string of the molecule is Cc1ccc2c(c(F)nn2C)c1C. The lowest BCUT2D eigenvalue weighted by Gasteiger charge is -2.00. The molecular weight excluding hydrogens is 167 g/mol. The number of rotatable bonds is 0. The van der Waals surface area contributed by atoms with Gasteiger partial charge in [-0.15, -0.1) is 5.10 Å². The van der Waals surface area contributed by atoms with Gasteiger partial charge in [0.1, 0.15) is 0 Å². The van der Waals surface area contributed by atoms with Crippen LogP contribution in [0, 0.1) is 19.8 Å². The summed E-state index contributed by atoms with van der Waals surface area (Å²) in [5.41, 5.74) is 2.92. The van der Waals surface area contributed by atoms with E-state index in [1.807, 2.05) is 26.0 Å². The second kappa shape index (κ2) is 2.55. The summed E-state index contributed by atoms with van der Waals surface area (Å²) in [4.78, 5) is 0. The van der Waals surface area contributed by atoms with Crippen LogP contribution in [0.5, 0.6) is 0 Å². The molecule has 0 aliphatic carbocycles. The van der Waals surface area contributed by atoms with Gasteiger partial charge in [0.2, 0.25) is 5.95 Å². The highest BCUT2D eigenvalue weighted by molar-refractivity contribution is 5.83. The van der Waals surface area contributed by atoms with Crippen molar-refractivity contribution in [2.75, 3.05) is 0 Å². The second-order valence-corrected chi connectivity index (χ2v) is 3.32. The van der Waals surface area contributed by atoms with E-state index in [1.54, 1.807) is 11.7 Å². The number of halogens is 1. The van der Waals surface area contributed by atoms with Gasteiger partial charge in [0, 0.05) is 7.05 Å². The van der Waals surface area contributed by atoms with Crippen molar-refractivity contribution in [2.24, 2.45) is 7.05 Å². The maximum Gasteiger partial charge on any atom is 0.240 e. The molecular formula is C10H11FN2. The number of hydrogen-bond acceptors (Lipinski definition) is 1. The molecule has 1 aromatic heterocycles. The first-order valence-electron chi connectivity index (χ1n) is 4.19. The lowest BCUT2D eigenvalue weighted by Crippen LogP contribution is -1.89. The molecule has 0 spiro atoms. The fourth-order valence-electron chi connectivity index (χ4n) is 1.57. The Labute approximate surface area is 76.0 Å². The van der Waals surface area contributed by atoms with Gasteiger partial charge in [0.05, 0.1) is 10.9 Å². The average Bonchev–Trinajstić information content (AvgIpc) is 2.35. The monoisotopic (exact) mass is 178 g/mol. The second-order valence-electron chi connectivity index (χ2n) is 3.32. The molecule has 0 aliphatic rings. The maximum atomic E-state index is 13.3. The predicted molar refractivity (Wildman–Crippen MR) is 50.1 cm³/mol. The smallest absolute Gasteiger partial charge is 0.240 e. The quantitative estimate of drug-likeness (QED) is 0.605. The van der Waals surface area contributed by atoms with Crippen LogP contribution in [0.3, 0.4) is 0 Å². The zero-order valence-electron chi connectivity index (χ0n) is 7.93. The minimum Gasteiger partial charge on any atom is -0.265 e. The molecule has 0 N–H and O–H groups in total. The van der Waals surface area contributed by atoms with Crippen molar-refractivity contribution in [3.8, 4) is 0 Å². The van der Waals surface area contributed by atoms with Gasteiger partial charge in [-0.25, -0.2) is 0 Å². The van der Waals surface area contributed by atoms with Crippen LogP contribution in [0.25, 0.3) is 10.9 Å². The van der Waals surface area contributed by atoms with E-state index < -0.39 is 0 Å². The summed E-state index contributed by atoms with van der Waals surface area (Å²) in [6, 6.07) is 3.88. The van der Waals surface area contributed by atoms with Gasteiger partial charge in [0.15, 0.2) is 0 Å². The van der Waals surface area contributed by atoms with Crippen molar-refractivity contribution in [1.29, 1.82) is 0 Å². The molecule has 0 bridgehead atoms. The van der Waals surface area contributed by atoms with E-state index in [9.17, 15) is 4.39 Å². The minimum atomic E-state index is -0.376. The highest BCUT2D eigenvalue weighted by atomic mass is 19.1. The Morgan fingerprint density at radius 3 is 2.69 bits per heavy atom. The van der Waals surface area contributed by atoms with Crippen LogP contribution in [0.2, 0.25) is 0 Å². The summed E-state index contributed by atoms with van der Waals surface area (Å²) >= 11 is 0. The summed E-state index contributed by atoms with van der Waals surface area (Å²) in [7, 11) is 1.75. The largest absolute Gasteiger partial charge is 0.265 e. The molecule has 0 radical (unpaired) electrons. The van der Waals surface area contributed by atoms with Gasteiger partial charge in [-0.05, 0) is 31.0 Å². The molecule has 2 aromatic rings. The van der Waals surface area contributed by atoms with Crippen LogP contribution in [0.15, 0.2) is 12.1 Å². The van der Waals surface area contributed by atoms with Crippen molar-refractivity contribution in [1.82, 2.24) is 9.78 Å².